The van der Waals surface area contributed by atoms with Crippen molar-refractivity contribution >= 4 is 5.82 Å². The Morgan fingerprint density at radius 3 is 2.67 bits per heavy atom. The van der Waals surface area contributed by atoms with E-state index in [0.717, 1.165) is 12.0 Å². The van der Waals surface area contributed by atoms with E-state index in [4.69, 9.17) is 4.52 Å². The molecule has 8 heteroatoms. The van der Waals surface area contributed by atoms with Gasteiger partial charge in [0.2, 0.25) is 0 Å². The van der Waals surface area contributed by atoms with Gasteiger partial charge in [-0.1, -0.05) is 25.4 Å². The first kappa shape index (κ1) is 18.3. The Kier molecular flexibility index (Phi) is 4.39. The number of alkyl halides is 3. The number of anilines is 1. The summed E-state index contributed by atoms with van der Waals surface area (Å²) in [5.41, 5.74) is 0.0729. The predicted molar refractivity (Wildman–Crippen MR) is 94.3 cm³/mol. The lowest BCUT2D eigenvalue weighted by Gasteiger charge is -2.54. The lowest BCUT2D eigenvalue weighted by Crippen LogP contribution is -2.56. The Morgan fingerprint density at radius 2 is 2.07 bits per heavy atom. The van der Waals surface area contributed by atoms with Crippen molar-refractivity contribution in [2.45, 2.75) is 51.6 Å². The van der Waals surface area contributed by atoms with Crippen LogP contribution in [0.3, 0.4) is 0 Å². The number of piperidine rings is 1. The largest absolute Gasteiger partial charge is 0.392 e. The summed E-state index contributed by atoms with van der Waals surface area (Å²) in [5, 5.41) is 3.97. The molecule has 1 spiro atoms. The number of hydrogen-bond donors (Lipinski definition) is 0. The smallest absolute Gasteiger partial charge is 0.356 e. The zero-order valence-electron chi connectivity index (χ0n) is 15.5. The normalized spacial score (nSPS) is 22.3. The standard InChI is InChI=1S/C19H23F3N4O/c1-12(2)16-24-17(27-25-16)13-4-8-23-15(10-13)26-9-5-14(19(20,21)22)18(11-26)6-3-7-18/h4,8,10,12,14H,3,5-7,9,11H2,1-2H3/t14-/m0/s1. The van der Waals surface area contributed by atoms with Gasteiger partial charge in [-0.05, 0) is 36.8 Å². The molecule has 3 heterocycles. The maximum atomic E-state index is 13.5. The molecular weight excluding hydrogens is 357 g/mol. The molecule has 4 rings (SSSR count). The minimum absolute atomic E-state index is 0.119. The SMILES string of the molecule is CC(C)c1noc(-c2ccnc(N3CC[C@H](C(F)(F)F)C4(CCC4)C3)c2)n1. The van der Waals surface area contributed by atoms with Crippen molar-refractivity contribution in [3.63, 3.8) is 0 Å². The van der Waals surface area contributed by atoms with Crippen LogP contribution in [0.1, 0.15) is 51.3 Å². The van der Waals surface area contributed by atoms with E-state index in [-0.39, 0.29) is 12.3 Å². The molecule has 1 aliphatic carbocycles. The number of halogens is 3. The van der Waals surface area contributed by atoms with Crippen molar-refractivity contribution in [2.75, 3.05) is 18.0 Å². The zero-order chi connectivity index (χ0) is 19.2. The second-order valence-corrected chi connectivity index (χ2v) is 8.04. The van der Waals surface area contributed by atoms with Crippen LogP contribution in [-0.4, -0.2) is 34.4 Å². The Labute approximate surface area is 156 Å². The summed E-state index contributed by atoms with van der Waals surface area (Å²) in [6, 6.07) is 3.61. The van der Waals surface area contributed by atoms with E-state index in [1.807, 2.05) is 24.8 Å². The monoisotopic (exact) mass is 380 g/mol. The average Bonchev–Trinajstić information content (AvgIpc) is 3.09. The van der Waals surface area contributed by atoms with Gasteiger partial charge in [0.25, 0.3) is 5.89 Å². The number of rotatable bonds is 3. The Hall–Kier alpha value is -2.12. The first-order valence-electron chi connectivity index (χ1n) is 9.40. The van der Waals surface area contributed by atoms with Gasteiger partial charge in [-0.25, -0.2) is 4.98 Å². The summed E-state index contributed by atoms with van der Waals surface area (Å²) >= 11 is 0. The molecule has 2 fully saturated rings. The van der Waals surface area contributed by atoms with E-state index >= 15 is 0 Å². The molecule has 0 amide bonds. The number of hydrogen-bond acceptors (Lipinski definition) is 5. The zero-order valence-corrected chi connectivity index (χ0v) is 15.5. The molecule has 27 heavy (non-hydrogen) atoms. The average molecular weight is 380 g/mol. The van der Waals surface area contributed by atoms with Gasteiger partial charge < -0.3 is 9.42 Å². The van der Waals surface area contributed by atoms with Gasteiger partial charge in [0, 0.05) is 30.8 Å². The van der Waals surface area contributed by atoms with Crippen molar-refractivity contribution in [3.8, 4) is 11.5 Å². The van der Waals surface area contributed by atoms with Crippen LogP contribution in [0.5, 0.6) is 0 Å². The van der Waals surface area contributed by atoms with Crippen molar-refractivity contribution < 1.29 is 17.7 Å². The Bertz CT molecular complexity index is 813. The van der Waals surface area contributed by atoms with E-state index in [2.05, 4.69) is 15.1 Å². The third-order valence-corrected chi connectivity index (χ3v) is 5.95. The molecule has 1 saturated carbocycles. The van der Waals surface area contributed by atoms with E-state index in [9.17, 15) is 13.2 Å². The van der Waals surface area contributed by atoms with Crippen molar-refractivity contribution in [3.05, 3.63) is 24.2 Å². The van der Waals surface area contributed by atoms with Gasteiger partial charge in [0.05, 0.1) is 5.92 Å². The molecule has 0 radical (unpaired) electrons. The van der Waals surface area contributed by atoms with Crippen LogP contribution < -0.4 is 4.90 Å². The van der Waals surface area contributed by atoms with E-state index < -0.39 is 17.5 Å². The molecule has 1 aliphatic heterocycles. The minimum atomic E-state index is -4.13. The van der Waals surface area contributed by atoms with Crippen LogP contribution in [0.4, 0.5) is 19.0 Å². The van der Waals surface area contributed by atoms with Gasteiger partial charge in [-0.3, -0.25) is 0 Å². The number of pyridine rings is 1. The Balaban J connectivity index is 1.57. The fourth-order valence-corrected chi connectivity index (χ4v) is 4.32. The van der Waals surface area contributed by atoms with Crippen LogP contribution in [0.25, 0.3) is 11.5 Å². The molecule has 1 saturated heterocycles. The molecule has 0 aromatic carbocycles. The van der Waals surface area contributed by atoms with Crippen LogP contribution in [0.2, 0.25) is 0 Å². The molecule has 0 unspecified atom stereocenters. The maximum absolute atomic E-state index is 13.5. The minimum Gasteiger partial charge on any atom is -0.356 e. The third-order valence-electron chi connectivity index (χ3n) is 5.95. The highest BCUT2D eigenvalue weighted by molar-refractivity contribution is 5.59. The van der Waals surface area contributed by atoms with Gasteiger partial charge in [-0.15, -0.1) is 0 Å². The molecule has 2 aromatic heterocycles. The molecule has 5 nitrogen and oxygen atoms in total. The fraction of sp³-hybridized carbons (Fsp3) is 0.632. The van der Waals surface area contributed by atoms with E-state index in [1.54, 1.807) is 12.3 Å². The topological polar surface area (TPSA) is 55.1 Å². The molecule has 0 bridgehead atoms. The van der Waals surface area contributed by atoms with Crippen LogP contribution in [0, 0.1) is 11.3 Å². The predicted octanol–water partition coefficient (Wildman–Crippen LogP) is 4.81. The third kappa shape index (κ3) is 3.30. The summed E-state index contributed by atoms with van der Waals surface area (Å²) in [7, 11) is 0. The van der Waals surface area contributed by atoms with Crippen molar-refractivity contribution in [1.82, 2.24) is 15.1 Å². The molecule has 1 atom stereocenters. The molecule has 0 N–H and O–H groups in total. The van der Waals surface area contributed by atoms with Crippen molar-refractivity contribution in [2.24, 2.45) is 11.3 Å². The summed E-state index contributed by atoms with van der Waals surface area (Å²) in [5.74, 6) is 0.656. The van der Waals surface area contributed by atoms with Gasteiger partial charge >= 0.3 is 6.18 Å². The maximum Gasteiger partial charge on any atom is 0.392 e. The lowest BCUT2D eigenvalue weighted by atomic mass is 9.58. The quantitative estimate of drug-likeness (QED) is 0.765. The summed E-state index contributed by atoms with van der Waals surface area (Å²) < 4.78 is 45.8. The number of aromatic nitrogens is 3. The summed E-state index contributed by atoms with van der Waals surface area (Å²) in [4.78, 5) is 10.8. The van der Waals surface area contributed by atoms with Gasteiger partial charge in [0.15, 0.2) is 5.82 Å². The summed E-state index contributed by atoms with van der Waals surface area (Å²) in [6.07, 6.45) is -0.225. The highest BCUT2D eigenvalue weighted by Crippen LogP contribution is 2.56. The second kappa shape index (κ2) is 6.49. The van der Waals surface area contributed by atoms with Gasteiger partial charge in [-0.2, -0.15) is 18.2 Å². The van der Waals surface area contributed by atoms with Crippen LogP contribution in [0.15, 0.2) is 22.9 Å². The first-order chi connectivity index (χ1) is 12.8. The van der Waals surface area contributed by atoms with E-state index in [1.165, 1.54) is 0 Å². The molecule has 2 aliphatic rings. The second-order valence-electron chi connectivity index (χ2n) is 8.04. The van der Waals surface area contributed by atoms with Crippen LogP contribution in [-0.2, 0) is 0 Å². The first-order valence-corrected chi connectivity index (χ1v) is 9.40. The van der Waals surface area contributed by atoms with Crippen molar-refractivity contribution in [1.29, 1.82) is 0 Å². The van der Waals surface area contributed by atoms with Gasteiger partial charge in [0.1, 0.15) is 5.82 Å². The fourth-order valence-electron chi connectivity index (χ4n) is 4.32. The summed E-state index contributed by atoms with van der Waals surface area (Å²) in [6.45, 7) is 4.71. The molecule has 146 valence electrons. The Morgan fingerprint density at radius 1 is 1.30 bits per heavy atom. The highest BCUT2D eigenvalue weighted by Gasteiger charge is 2.58. The van der Waals surface area contributed by atoms with E-state index in [0.29, 0.717) is 43.5 Å². The van der Waals surface area contributed by atoms with Crippen LogP contribution >= 0.6 is 0 Å². The molecular formula is C19H23F3N4O. The lowest BCUT2D eigenvalue weighted by molar-refractivity contribution is -0.225. The number of nitrogens with zero attached hydrogens (tertiary/aromatic N) is 4. The highest BCUT2D eigenvalue weighted by atomic mass is 19.4. The molecule has 2 aromatic rings.